The maximum absolute atomic E-state index is 13.3. The van der Waals surface area contributed by atoms with E-state index in [9.17, 15) is 14.9 Å². The molecule has 2 aromatic rings. The van der Waals surface area contributed by atoms with Crippen molar-refractivity contribution >= 4 is 35.3 Å². The van der Waals surface area contributed by atoms with Gasteiger partial charge < -0.3 is 0 Å². The summed E-state index contributed by atoms with van der Waals surface area (Å²) in [4.78, 5) is 31.9. The number of aliphatic imine (C=N–C) groups is 1. The minimum absolute atomic E-state index is 0.0339. The molecule has 1 aliphatic heterocycles. The van der Waals surface area contributed by atoms with Gasteiger partial charge in [-0.1, -0.05) is 49.7 Å². The molecule has 2 aromatic carbocycles. The summed E-state index contributed by atoms with van der Waals surface area (Å²) in [5.41, 5.74) is 0.463. The Morgan fingerprint density at radius 2 is 1.93 bits per heavy atom. The second-order valence-corrected chi connectivity index (χ2v) is 7.65. The normalized spacial score (nSPS) is 18.9. The lowest BCUT2D eigenvalue weighted by Gasteiger charge is -2.31. The zero-order chi connectivity index (χ0) is 20.5. The Kier molecular flexibility index (Phi) is 5.35. The van der Waals surface area contributed by atoms with Crippen molar-refractivity contribution < 1.29 is 9.59 Å². The summed E-state index contributed by atoms with van der Waals surface area (Å²) >= 11 is 6.06. The number of amides is 2. The van der Waals surface area contributed by atoms with Crippen LogP contribution in [0.5, 0.6) is 0 Å². The third-order valence-corrected chi connectivity index (χ3v) is 5.36. The largest absolute Gasteiger partial charge is 0.275 e. The van der Waals surface area contributed by atoms with Gasteiger partial charge >= 0.3 is 0 Å². The third-order valence-electron chi connectivity index (χ3n) is 5.12. The van der Waals surface area contributed by atoms with Gasteiger partial charge in [0.2, 0.25) is 5.91 Å². The van der Waals surface area contributed by atoms with Gasteiger partial charge in [-0.05, 0) is 42.7 Å². The van der Waals surface area contributed by atoms with Crippen molar-refractivity contribution in [3.05, 3.63) is 64.7 Å². The lowest BCUT2D eigenvalue weighted by atomic mass is 9.87. The van der Waals surface area contributed by atoms with E-state index in [1.807, 2.05) is 13.8 Å². The highest BCUT2D eigenvalue weighted by Gasteiger charge is 2.39. The van der Waals surface area contributed by atoms with Gasteiger partial charge in [-0.25, -0.2) is 4.90 Å². The number of imide groups is 1. The molecule has 0 fully saturated rings. The molecule has 0 bridgehead atoms. The molecule has 0 aromatic heterocycles. The van der Waals surface area contributed by atoms with E-state index in [0.717, 1.165) is 4.90 Å². The molecule has 1 aliphatic rings. The number of carbonyl (C=O) groups excluding carboxylic acids is 2. The number of carbonyl (C=O) groups is 2. The molecule has 0 saturated heterocycles. The Morgan fingerprint density at radius 1 is 1.21 bits per heavy atom. The van der Waals surface area contributed by atoms with E-state index in [1.165, 1.54) is 6.21 Å². The van der Waals surface area contributed by atoms with Crippen LogP contribution in [0.25, 0.3) is 0 Å². The first-order valence-corrected chi connectivity index (χ1v) is 9.35. The van der Waals surface area contributed by atoms with Gasteiger partial charge in [0.05, 0.1) is 17.7 Å². The van der Waals surface area contributed by atoms with Crippen LogP contribution < -0.4 is 4.90 Å². The summed E-state index contributed by atoms with van der Waals surface area (Å²) in [5.74, 6) is -1.62. The molecule has 6 heteroatoms. The first-order valence-electron chi connectivity index (χ1n) is 8.98. The van der Waals surface area contributed by atoms with Gasteiger partial charge in [0.25, 0.3) is 5.91 Å². The summed E-state index contributed by atoms with van der Waals surface area (Å²) in [6, 6.07) is 15.8. The first kappa shape index (κ1) is 19.8. The van der Waals surface area contributed by atoms with Crippen LogP contribution in [0.2, 0.25) is 5.02 Å². The predicted octanol–water partition coefficient (Wildman–Crippen LogP) is 4.62. The van der Waals surface area contributed by atoms with E-state index in [2.05, 4.69) is 11.1 Å². The number of benzene rings is 2. The number of halogens is 1. The Labute approximate surface area is 169 Å². The second-order valence-electron chi connectivity index (χ2n) is 7.22. The molecular formula is C22H20ClN3O2. The number of rotatable bonds is 4. The van der Waals surface area contributed by atoms with Crippen LogP contribution in [0.1, 0.15) is 42.6 Å². The van der Waals surface area contributed by atoms with Crippen molar-refractivity contribution in [2.75, 3.05) is 4.90 Å². The Morgan fingerprint density at radius 3 is 2.57 bits per heavy atom. The molecule has 0 radical (unpaired) electrons. The van der Waals surface area contributed by atoms with Crippen molar-refractivity contribution in [1.82, 2.24) is 0 Å². The minimum Gasteiger partial charge on any atom is -0.275 e. The van der Waals surface area contributed by atoms with Crippen molar-refractivity contribution in [2.24, 2.45) is 10.9 Å². The van der Waals surface area contributed by atoms with Gasteiger partial charge in [0, 0.05) is 16.8 Å². The van der Waals surface area contributed by atoms with E-state index in [-0.39, 0.29) is 5.92 Å². The van der Waals surface area contributed by atoms with Crippen LogP contribution in [0.15, 0.2) is 53.5 Å². The van der Waals surface area contributed by atoms with Crippen molar-refractivity contribution in [2.45, 2.75) is 32.2 Å². The average molecular weight is 394 g/mol. The molecule has 5 nitrogen and oxygen atoms in total. The summed E-state index contributed by atoms with van der Waals surface area (Å²) in [7, 11) is 0. The molecule has 1 unspecified atom stereocenters. The molecule has 0 spiro atoms. The van der Waals surface area contributed by atoms with Crippen molar-refractivity contribution in [3.63, 3.8) is 0 Å². The van der Waals surface area contributed by atoms with E-state index in [0.29, 0.717) is 21.8 Å². The highest BCUT2D eigenvalue weighted by atomic mass is 35.5. The fraction of sp³-hybridized carbons (Fsp3) is 0.273. The topological polar surface area (TPSA) is 73.5 Å². The van der Waals surface area contributed by atoms with E-state index in [1.54, 1.807) is 55.5 Å². The van der Waals surface area contributed by atoms with E-state index in [4.69, 9.17) is 11.6 Å². The fourth-order valence-corrected chi connectivity index (χ4v) is 3.18. The number of fused-ring (bicyclic) bond motifs is 1. The van der Waals surface area contributed by atoms with Crippen LogP contribution in [0.4, 0.5) is 5.69 Å². The zero-order valence-electron chi connectivity index (χ0n) is 15.9. The molecule has 3 rings (SSSR count). The maximum atomic E-state index is 13.3. The second kappa shape index (κ2) is 7.57. The van der Waals surface area contributed by atoms with Crippen LogP contribution >= 0.6 is 11.6 Å². The quantitative estimate of drug-likeness (QED) is 0.562. The number of nitrogens with zero attached hydrogens (tertiary/aromatic N) is 3. The van der Waals surface area contributed by atoms with Gasteiger partial charge in [0.15, 0.2) is 0 Å². The number of hydrogen-bond donors (Lipinski definition) is 0. The van der Waals surface area contributed by atoms with Crippen molar-refractivity contribution in [3.8, 4) is 6.07 Å². The summed E-state index contributed by atoms with van der Waals surface area (Å²) in [6.45, 7) is 5.53. The summed E-state index contributed by atoms with van der Waals surface area (Å²) in [5, 5.41) is 9.95. The Hall–Kier alpha value is -2.97. The molecule has 0 saturated carbocycles. The SMILES string of the molecule is CC(C)[C@@](C)(C#N)N=CC1C(=O)N(c2cccc(Cl)c2)C(=O)c2ccccc21. The first-order chi connectivity index (χ1) is 13.3. The molecule has 142 valence electrons. The van der Waals surface area contributed by atoms with E-state index < -0.39 is 23.3 Å². The van der Waals surface area contributed by atoms with Gasteiger partial charge in [-0.3, -0.25) is 14.6 Å². The predicted molar refractivity (Wildman–Crippen MR) is 110 cm³/mol. The zero-order valence-corrected chi connectivity index (χ0v) is 16.6. The molecule has 0 N–H and O–H groups in total. The van der Waals surface area contributed by atoms with Crippen LogP contribution in [0.3, 0.4) is 0 Å². The van der Waals surface area contributed by atoms with E-state index >= 15 is 0 Å². The van der Waals surface area contributed by atoms with Crippen molar-refractivity contribution in [1.29, 1.82) is 5.26 Å². The third kappa shape index (κ3) is 3.44. The molecule has 1 heterocycles. The maximum Gasteiger partial charge on any atom is 0.265 e. The minimum atomic E-state index is -0.961. The standard InChI is InChI=1S/C22H20ClN3O2/c1-14(2)22(3,13-24)25-12-19-17-9-4-5-10-18(17)20(27)26(21(19)28)16-8-6-7-15(23)11-16/h4-12,14,19H,1-3H3/t19?,22-/m1/s1. The Balaban J connectivity index is 2.12. The number of nitriles is 1. The highest BCUT2D eigenvalue weighted by Crippen LogP contribution is 2.33. The summed E-state index contributed by atoms with van der Waals surface area (Å²) < 4.78 is 0. The summed E-state index contributed by atoms with van der Waals surface area (Å²) in [6.07, 6.45) is 1.49. The lowest BCUT2D eigenvalue weighted by molar-refractivity contribution is -0.118. The Bertz CT molecular complexity index is 1010. The number of anilines is 1. The van der Waals surface area contributed by atoms with Gasteiger partial charge in [0.1, 0.15) is 5.54 Å². The van der Waals surface area contributed by atoms with Crippen LogP contribution in [-0.2, 0) is 4.79 Å². The molecule has 28 heavy (non-hydrogen) atoms. The molecule has 2 atom stereocenters. The average Bonchev–Trinajstić information content (AvgIpc) is 2.67. The lowest BCUT2D eigenvalue weighted by Crippen LogP contribution is -2.45. The molecule has 2 amide bonds. The van der Waals surface area contributed by atoms with Crippen LogP contribution in [-0.4, -0.2) is 23.6 Å². The fourth-order valence-electron chi connectivity index (χ4n) is 3.00. The molecule has 0 aliphatic carbocycles. The van der Waals surface area contributed by atoms with Gasteiger partial charge in [-0.2, -0.15) is 5.26 Å². The van der Waals surface area contributed by atoms with Crippen LogP contribution in [0, 0.1) is 17.2 Å². The monoisotopic (exact) mass is 393 g/mol. The molecular weight excluding hydrogens is 374 g/mol. The number of hydrogen-bond acceptors (Lipinski definition) is 4. The highest BCUT2D eigenvalue weighted by molar-refractivity contribution is 6.32. The smallest absolute Gasteiger partial charge is 0.265 e. The van der Waals surface area contributed by atoms with Gasteiger partial charge in [-0.15, -0.1) is 0 Å².